The van der Waals surface area contributed by atoms with Crippen LogP contribution in [0.2, 0.25) is 10.0 Å². The van der Waals surface area contributed by atoms with E-state index >= 15 is 0 Å². The zero-order valence-electron chi connectivity index (χ0n) is 18.8. The molecule has 3 heterocycles. The van der Waals surface area contributed by atoms with Crippen LogP contribution in [0.25, 0.3) is 0 Å². The molecule has 5 rings (SSSR count). The van der Waals surface area contributed by atoms with Crippen LogP contribution in [-0.2, 0) is 0 Å². The lowest BCUT2D eigenvalue weighted by Crippen LogP contribution is -2.57. The van der Waals surface area contributed by atoms with Crippen molar-refractivity contribution in [1.82, 2.24) is 9.80 Å². The van der Waals surface area contributed by atoms with Crippen molar-refractivity contribution in [3.63, 3.8) is 0 Å². The third-order valence-electron chi connectivity index (χ3n) is 7.55. The van der Waals surface area contributed by atoms with Crippen molar-refractivity contribution in [2.45, 2.75) is 43.7 Å². The van der Waals surface area contributed by atoms with Crippen molar-refractivity contribution in [1.29, 1.82) is 0 Å². The summed E-state index contributed by atoms with van der Waals surface area (Å²) < 4.78 is 0. The van der Waals surface area contributed by atoms with Crippen LogP contribution < -0.4 is 4.90 Å². The summed E-state index contributed by atoms with van der Waals surface area (Å²) in [4.78, 5) is 20.2. The second-order valence-electron chi connectivity index (χ2n) is 9.58. The van der Waals surface area contributed by atoms with E-state index in [1.54, 1.807) is 0 Å². The Bertz CT molecular complexity index is 992. The third kappa shape index (κ3) is 4.88. The van der Waals surface area contributed by atoms with Gasteiger partial charge in [-0.15, -0.1) is 0 Å². The van der Waals surface area contributed by atoms with Gasteiger partial charge in [-0.2, -0.15) is 0 Å². The summed E-state index contributed by atoms with van der Waals surface area (Å²) in [5, 5.41) is 11.1. The maximum Gasteiger partial charge on any atom is 0.255 e. The van der Waals surface area contributed by atoms with Gasteiger partial charge in [-0.3, -0.25) is 9.69 Å². The van der Waals surface area contributed by atoms with E-state index < -0.39 is 0 Å². The third-order valence-corrected chi connectivity index (χ3v) is 8.20. The predicted octanol–water partition coefficient (Wildman–Crippen LogP) is 4.66. The molecule has 3 saturated heterocycles. The summed E-state index contributed by atoms with van der Waals surface area (Å²) in [7, 11) is 0. The van der Waals surface area contributed by atoms with Gasteiger partial charge in [0.1, 0.15) is 0 Å². The Kier molecular flexibility index (Phi) is 6.84. The van der Waals surface area contributed by atoms with Gasteiger partial charge in [0, 0.05) is 50.3 Å². The first-order valence-electron chi connectivity index (χ1n) is 12.0. The van der Waals surface area contributed by atoms with E-state index in [2.05, 4.69) is 21.9 Å². The fraction of sp³-hybridized carbons (Fsp3) is 0.500. The minimum atomic E-state index is -0.240. The maximum absolute atomic E-state index is 13.5. The number of anilines is 1. The minimum Gasteiger partial charge on any atom is -0.393 e. The molecule has 0 saturated carbocycles. The lowest BCUT2D eigenvalue weighted by molar-refractivity contribution is 0.0329. The summed E-state index contributed by atoms with van der Waals surface area (Å²) in [6.45, 7) is 4.91. The van der Waals surface area contributed by atoms with Gasteiger partial charge >= 0.3 is 0 Å². The van der Waals surface area contributed by atoms with E-state index in [4.69, 9.17) is 23.2 Å². The van der Waals surface area contributed by atoms with E-state index in [0.29, 0.717) is 22.5 Å². The molecule has 0 radical (unpaired) electrons. The maximum atomic E-state index is 13.5. The Balaban J connectivity index is 1.24. The molecule has 3 fully saturated rings. The molecular weight excluding hydrogens is 457 g/mol. The zero-order valence-corrected chi connectivity index (χ0v) is 20.3. The molecule has 176 valence electrons. The first-order chi connectivity index (χ1) is 16.0. The predicted molar refractivity (Wildman–Crippen MR) is 134 cm³/mol. The van der Waals surface area contributed by atoms with Gasteiger partial charge in [0.25, 0.3) is 5.91 Å². The van der Waals surface area contributed by atoms with Gasteiger partial charge in [-0.25, -0.2) is 0 Å². The topological polar surface area (TPSA) is 47.0 Å². The summed E-state index contributed by atoms with van der Waals surface area (Å²) in [6.07, 6.45) is 3.43. The number of piperazine rings is 1. The Morgan fingerprint density at radius 3 is 2.39 bits per heavy atom. The quantitative estimate of drug-likeness (QED) is 0.683. The SMILES string of the molecule is O=C(c1cccc(N2CCC(O)CC2)c1Cl)N1CCN2C[C@@H](c3ccc(Cl)cc3)CC[C@@H]2C1. The molecule has 3 aliphatic heterocycles. The first kappa shape index (κ1) is 23.0. The van der Waals surface area contributed by atoms with E-state index in [0.717, 1.165) is 75.7 Å². The van der Waals surface area contributed by atoms with Crippen LogP contribution in [0.4, 0.5) is 5.69 Å². The monoisotopic (exact) mass is 487 g/mol. The van der Waals surface area contributed by atoms with Crippen LogP contribution >= 0.6 is 23.2 Å². The Morgan fingerprint density at radius 1 is 0.879 bits per heavy atom. The number of amides is 1. The molecule has 33 heavy (non-hydrogen) atoms. The summed E-state index contributed by atoms with van der Waals surface area (Å²) in [5.74, 6) is 0.549. The van der Waals surface area contributed by atoms with Crippen molar-refractivity contribution in [2.75, 3.05) is 44.2 Å². The molecule has 0 bridgehead atoms. The van der Waals surface area contributed by atoms with Crippen LogP contribution in [0.3, 0.4) is 0 Å². The van der Waals surface area contributed by atoms with Gasteiger partial charge in [0.2, 0.25) is 0 Å². The molecule has 2 aromatic carbocycles. The first-order valence-corrected chi connectivity index (χ1v) is 12.8. The Labute approximate surface area is 205 Å². The average Bonchev–Trinajstić information content (AvgIpc) is 2.84. The molecule has 0 aromatic heterocycles. The van der Waals surface area contributed by atoms with Gasteiger partial charge in [-0.1, -0.05) is 41.4 Å². The number of hydrogen-bond donors (Lipinski definition) is 1. The van der Waals surface area contributed by atoms with Gasteiger partial charge in [-0.05, 0) is 61.4 Å². The number of rotatable bonds is 3. The number of benzene rings is 2. The highest BCUT2D eigenvalue weighted by atomic mass is 35.5. The molecule has 0 unspecified atom stereocenters. The van der Waals surface area contributed by atoms with E-state index in [1.807, 2.05) is 35.2 Å². The van der Waals surface area contributed by atoms with E-state index in [-0.39, 0.29) is 12.0 Å². The normalized spacial score (nSPS) is 24.6. The highest BCUT2D eigenvalue weighted by molar-refractivity contribution is 6.36. The van der Waals surface area contributed by atoms with Crippen molar-refractivity contribution in [3.8, 4) is 0 Å². The second-order valence-corrected chi connectivity index (χ2v) is 10.4. The van der Waals surface area contributed by atoms with Gasteiger partial charge in [0.15, 0.2) is 0 Å². The Hall–Kier alpha value is -1.79. The largest absolute Gasteiger partial charge is 0.393 e. The summed E-state index contributed by atoms with van der Waals surface area (Å²) in [5.41, 5.74) is 2.84. The number of piperidine rings is 2. The van der Waals surface area contributed by atoms with Crippen LogP contribution in [0, 0.1) is 0 Å². The number of aliphatic hydroxyl groups excluding tert-OH is 1. The lowest BCUT2D eigenvalue weighted by Gasteiger charge is -2.46. The van der Waals surface area contributed by atoms with Gasteiger partial charge in [0.05, 0.1) is 22.4 Å². The fourth-order valence-corrected chi connectivity index (χ4v) is 6.03. The molecule has 1 N–H and O–H groups in total. The van der Waals surface area contributed by atoms with Crippen LogP contribution in [0.5, 0.6) is 0 Å². The molecule has 5 nitrogen and oxygen atoms in total. The summed E-state index contributed by atoms with van der Waals surface area (Å²) in [6, 6.07) is 14.4. The highest BCUT2D eigenvalue weighted by Gasteiger charge is 2.35. The molecule has 2 aromatic rings. The number of aliphatic hydroxyl groups is 1. The number of halogens is 2. The molecule has 0 spiro atoms. The van der Waals surface area contributed by atoms with Crippen LogP contribution in [-0.4, -0.2) is 72.2 Å². The van der Waals surface area contributed by atoms with Crippen molar-refractivity contribution < 1.29 is 9.90 Å². The molecule has 2 atom stereocenters. The molecule has 3 aliphatic rings. The summed E-state index contributed by atoms with van der Waals surface area (Å²) >= 11 is 12.8. The second kappa shape index (κ2) is 9.83. The standard InChI is InChI=1S/C26H31Cl2N3O2/c27-20-7-4-18(5-8-20)19-6-9-21-17-31(15-14-30(21)16-19)26(33)23-2-1-3-24(25(23)28)29-12-10-22(32)11-13-29/h1-5,7-8,19,21-22,32H,6,9-17H2/t19-,21+/m0/s1. The number of carbonyl (C=O) groups is 1. The smallest absolute Gasteiger partial charge is 0.255 e. The van der Waals surface area contributed by atoms with Gasteiger partial charge < -0.3 is 14.9 Å². The lowest BCUT2D eigenvalue weighted by atomic mass is 9.86. The van der Waals surface area contributed by atoms with Crippen molar-refractivity contribution in [3.05, 3.63) is 63.6 Å². The number of nitrogens with zero attached hydrogens (tertiary/aromatic N) is 3. The number of carbonyl (C=O) groups excluding carboxylic acids is 1. The minimum absolute atomic E-state index is 0.0263. The number of fused-ring (bicyclic) bond motifs is 1. The molecule has 1 amide bonds. The van der Waals surface area contributed by atoms with E-state index in [1.165, 1.54) is 5.56 Å². The fourth-order valence-electron chi connectivity index (χ4n) is 5.57. The van der Waals surface area contributed by atoms with Crippen LogP contribution in [0.1, 0.15) is 47.5 Å². The average molecular weight is 488 g/mol. The molecule has 0 aliphatic carbocycles. The highest BCUT2D eigenvalue weighted by Crippen LogP contribution is 2.35. The molecule has 7 heteroatoms. The van der Waals surface area contributed by atoms with Crippen molar-refractivity contribution >= 4 is 34.8 Å². The number of hydrogen-bond acceptors (Lipinski definition) is 4. The Morgan fingerprint density at radius 2 is 1.64 bits per heavy atom. The zero-order chi connectivity index (χ0) is 22.9. The van der Waals surface area contributed by atoms with Crippen LogP contribution in [0.15, 0.2) is 42.5 Å². The van der Waals surface area contributed by atoms with E-state index in [9.17, 15) is 9.90 Å². The molecular formula is C26H31Cl2N3O2. The van der Waals surface area contributed by atoms with Crippen molar-refractivity contribution in [2.24, 2.45) is 0 Å².